The molecule has 0 aliphatic rings. The van der Waals surface area contributed by atoms with Gasteiger partial charge < -0.3 is 5.11 Å². The van der Waals surface area contributed by atoms with E-state index >= 15 is 0 Å². The fourth-order valence-electron chi connectivity index (χ4n) is 1.74. The van der Waals surface area contributed by atoms with Gasteiger partial charge in [0.05, 0.1) is 0 Å². The third-order valence-corrected chi connectivity index (χ3v) is 2.84. The first-order chi connectivity index (χ1) is 7.65. The second-order valence-corrected chi connectivity index (χ2v) is 4.31. The van der Waals surface area contributed by atoms with Gasteiger partial charge in [0.15, 0.2) is 5.78 Å². The lowest BCUT2D eigenvalue weighted by Gasteiger charge is -2.09. The van der Waals surface area contributed by atoms with Crippen LogP contribution in [0.15, 0.2) is 24.3 Å². The van der Waals surface area contributed by atoms with E-state index in [1.54, 1.807) is 24.3 Å². The molecule has 0 amide bonds. The van der Waals surface area contributed by atoms with E-state index in [2.05, 4.69) is 6.92 Å². The van der Waals surface area contributed by atoms with Gasteiger partial charge in [0.1, 0.15) is 5.75 Å². The number of rotatable bonds is 6. The summed E-state index contributed by atoms with van der Waals surface area (Å²) in [5.74, 6) is 0.461. The van der Waals surface area contributed by atoms with Gasteiger partial charge in [-0.2, -0.15) is 0 Å². The predicted molar refractivity (Wildman–Crippen MR) is 65.7 cm³/mol. The minimum atomic E-state index is 0.0797. The molecule has 88 valence electrons. The number of hydrogen-bond acceptors (Lipinski definition) is 2. The zero-order valence-corrected chi connectivity index (χ0v) is 10.1. The molecule has 0 saturated carbocycles. The molecule has 0 fully saturated rings. The summed E-state index contributed by atoms with van der Waals surface area (Å²) in [6.45, 7) is 4.14. The zero-order valence-electron chi connectivity index (χ0n) is 10.1. The van der Waals surface area contributed by atoms with E-state index in [1.165, 1.54) is 12.8 Å². The zero-order chi connectivity index (χ0) is 12.0. The van der Waals surface area contributed by atoms with Crippen LogP contribution in [0.4, 0.5) is 0 Å². The Morgan fingerprint density at radius 3 is 2.44 bits per heavy atom. The van der Waals surface area contributed by atoms with Crippen molar-refractivity contribution in [2.75, 3.05) is 0 Å². The quantitative estimate of drug-likeness (QED) is 0.585. The van der Waals surface area contributed by atoms with Gasteiger partial charge in [0.25, 0.3) is 0 Å². The van der Waals surface area contributed by atoms with Gasteiger partial charge in [0, 0.05) is 11.5 Å². The number of hydrogen-bond donors (Lipinski definition) is 1. The van der Waals surface area contributed by atoms with Crippen molar-refractivity contribution in [2.45, 2.75) is 39.5 Å². The van der Waals surface area contributed by atoms with Crippen molar-refractivity contribution in [2.24, 2.45) is 5.92 Å². The Bertz CT molecular complexity index is 327. The van der Waals surface area contributed by atoms with Crippen molar-refractivity contribution in [3.05, 3.63) is 29.8 Å². The molecule has 0 radical (unpaired) electrons. The molecular weight excluding hydrogens is 200 g/mol. The molecule has 1 rings (SSSR count). The highest BCUT2D eigenvalue weighted by Gasteiger charge is 2.14. The van der Waals surface area contributed by atoms with E-state index in [0.29, 0.717) is 5.56 Å². The largest absolute Gasteiger partial charge is 0.508 e. The average Bonchev–Trinajstić information content (AvgIpc) is 2.29. The maximum absolute atomic E-state index is 12.0. The summed E-state index contributed by atoms with van der Waals surface area (Å²) >= 11 is 0. The third kappa shape index (κ3) is 3.69. The molecule has 0 bridgehead atoms. The van der Waals surface area contributed by atoms with Crippen molar-refractivity contribution in [1.29, 1.82) is 0 Å². The summed E-state index contributed by atoms with van der Waals surface area (Å²) in [4.78, 5) is 12.0. The monoisotopic (exact) mass is 220 g/mol. The summed E-state index contributed by atoms with van der Waals surface area (Å²) in [5.41, 5.74) is 0.696. The molecule has 1 aromatic rings. The van der Waals surface area contributed by atoms with Gasteiger partial charge in [-0.1, -0.05) is 33.1 Å². The van der Waals surface area contributed by atoms with Crippen LogP contribution in [0.3, 0.4) is 0 Å². The number of phenols is 1. The standard InChI is InChI=1S/C14H20O2/c1-3-4-5-6-11(2)14(16)12-7-9-13(15)10-8-12/h7-11,15H,3-6H2,1-2H3. The molecule has 16 heavy (non-hydrogen) atoms. The molecule has 0 saturated heterocycles. The molecule has 1 N–H and O–H groups in total. The molecule has 0 aromatic heterocycles. The first-order valence-electron chi connectivity index (χ1n) is 5.98. The minimum Gasteiger partial charge on any atom is -0.508 e. The number of Topliss-reactive ketones (excluding diaryl/α,β-unsaturated/α-hetero) is 1. The van der Waals surface area contributed by atoms with Gasteiger partial charge in [-0.25, -0.2) is 0 Å². The summed E-state index contributed by atoms with van der Waals surface area (Å²) < 4.78 is 0. The summed E-state index contributed by atoms with van der Waals surface area (Å²) in [6, 6.07) is 6.50. The normalized spacial score (nSPS) is 12.4. The SMILES string of the molecule is CCCCCC(C)C(=O)c1ccc(O)cc1. The van der Waals surface area contributed by atoms with Crippen LogP contribution >= 0.6 is 0 Å². The van der Waals surface area contributed by atoms with Gasteiger partial charge in [-0.05, 0) is 30.7 Å². The van der Waals surface area contributed by atoms with Gasteiger partial charge >= 0.3 is 0 Å². The lowest BCUT2D eigenvalue weighted by molar-refractivity contribution is 0.0922. The topological polar surface area (TPSA) is 37.3 Å². The van der Waals surface area contributed by atoms with Crippen molar-refractivity contribution in [3.63, 3.8) is 0 Å². The lowest BCUT2D eigenvalue weighted by atomic mass is 9.94. The Labute approximate surface area is 97.3 Å². The Hall–Kier alpha value is -1.31. The number of ketones is 1. The van der Waals surface area contributed by atoms with E-state index in [-0.39, 0.29) is 17.5 Å². The number of unbranched alkanes of at least 4 members (excludes halogenated alkanes) is 2. The van der Waals surface area contributed by atoms with E-state index in [4.69, 9.17) is 5.11 Å². The molecule has 1 unspecified atom stereocenters. The molecule has 1 atom stereocenters. The highest BCUT2D eigenvalue weighted by molar-refractivity contribution is 5.97. The number of aromatic hydroxyl groups is 1. The second kappa shape index (κ2) is 6.31. The molecule has 0 aliphatic heterocycles. The third-order valence-electron chi connectivity index (χ3n) is 2.84. The number of phenolic OH excluding ortho intramolecular Hbond substituents is 1. The molecule has 0 aliphatic carbocycles. The highest BCUT2D eigenvalue weighted by atomic mass is 16.3. The molecular formula is C14H20O2. The first kappa shape index (κ1) is 12.8. The Morgan fingerprint density at radius 1 is 1.25 bits per heavy atom. The van der Waals surface area contributed by atoms with Gasteiger partial charge in [0.2, 0.25) is 0 Å². The Balaban J connectivity index is 2.53. The average molecular weight is 220 g/mol. The van der Waals surface area contributed by atoms with Crippen LogP contribution in [0.5, 0.6) is 5.75 Å². The van der Waals surface area contributed by atoms with Crippen LogP contribution < -0.4 is 0 Å². The number of carbonyl (C=O) groups excluding carboxylic acids is 1. The fourth-order valence-corrected chi connectivity index (χ4v) is 1.74. The van der Waals surface area contributed by atoms with Crippen molar-refractivity contribution < 1.29 is 9.90 Å². The highest BCUT2D eigenvalue weighted by Crippen LogP contribution is 2.17. The Kier molecular flexibility index (Phi) is 5.03. The summed E-state index contributed by atoms with van der Waals surface area (Å²) in [7, 11) is 0. The summed E-state index contributed by atoms with van der Waals surface area (Å²) in [5, 5.41) is 9.14. The number of benzene rings is 1. The van der Waals surface area contributed by atoms with Crippen molar-refractivity contribution in [3.8, 4) is 5.75 Å². The van der Waals surface area contributed by atoms with Crippen LogP contribution in [0.2, 0.25) is 0 Å². The van der Waals surface area contributed by atoms with Crippen LogP contribution in [-0.2, 0) is 0 Å². The van der Waals surface area contributed by atoms with E-state index in [9.17, 15) is 4.79 Å². The predicted octanol–water partition coefficient (Wildman–Crippen LogP) is 3.79. The minimum absolute atomic E-state index is 0.0797. The fraction of sp³-hybridized carbons (Fsp3) is 0.500. The van der Waals surface area contributed by atoms with Gasteiger partial charge in [-0.15, -0.1) is 0 Å². The van der Waals surface area contributed by atoms with Crippen LogP contribution in [0.1, 0.15) is 49.9 Å². The molecule has 0 heterocycles. The van der Waals surface area contributed by atoms with Crippen molar-refractivity contribution in [1.82, 2.24) is 0 Å². The lowest BCUT2D eigenvalue weighted by Crippen LogP contribution is -2.11. The van der Waals surface area contributed by atoms with Crippen LogP contribution in [0.25, 0.3) is 0 Å². The van der Waals surface area contributed by atoms with Crippen LogP contribution in [0, 0.1) is 5.92 Å². The number of carbonyl (C=O) groups is 1. The summed E-state index contributed by atoms with van der Waals surface area (Å²) in [6.07, 6.45) is 4.43. The molecule has 2 heteroatoms. The van der Waals surface area contributed by atoms with Gasteiger partial charge in [-0.3, -0.25) is 4.79 Å². The molecule has 1 aromatic carbocycles. The van der Waals surface area contributed by atoms with Crippen molar-refractivity contribution >= 4 is 5.78 Å². The maximum atomic E-state index is 12.0. The molecule has 2 nitrogen and oxygen atoms in total. The van der Waals surface area contributed by atoms with E-state index in [0.717, 1.165) is 12.8 Å². The Morgan fingerprint density at radius 2 is 1.88 bits per heavy atom. The van der Waals surface area contributed by atoms with E-state index in [1.807, 2.05) is 6.92 Å². The smallest absolute Gasteiger partial charge is 0.165 e. The van der Waals surface area contributed by atoms with E-state index < -0.39 is 0 Å². The second-order valence-electron chi connectivity index (χ2n) is 4.31. The first-order valence-corrected chi connectivity index (χ1v) is 5.98. The maximum Gasteiger partial charge on any atom is 0.165 e. The van der Waals surface area contributed by atoms with Crippen LogP contribution in [-0.4, -0.2) is 10.9 Å². The molecule has 0 spiro atoms.